The summed E-state index contributed by atoms with van der Waals surface area (Å²) >= 11 is 12.2. The maximum Gasteiger partial charge on any atom is 0.290 e. The van der Waals surface area contributed by atoms with Gasteiger partial charge in [0.05, 0.1) is 21.8 Å². The van der Waals surface area contributed by atoms with Gasteiger partial charge in [0, 0.05) is 0 Å². The van der Waals surface area contributed by atoms with Crippen LogP contribution in [0.2, 0.25) is 10.0 Å². The van der Waals surface area contributed by atoms with Crippen LogP contribution in [0, 0.1) is 0 Å². The molecule has 0 bridgehead atoms. The standard InChI is InChI=1S/C13H14Cl2N2O.ClH/c14-8-4-3-5-9(15)12(8)17-13-16-10-6-1-2-7-11(10)18-13;/h3-5,10-11H,1-2,6-7H2,(H,16,17);1H/t10-,11+;/m1./s1. The Morgan fingerprint density at radius 1 is 1.16 bits per heavy atom. The van der Waals surface area contributed by atoms with Crippen LogP contribution in [0.1, 0.15) is 25.7 Å². The van der Waals surface area contributed by atoms with E-state index in [-0.39, 0.29) is 18.5 Å². The third kappa shape index (κ3) is 3.10. The van der Waals surface area contributed by atoms with Crippen molar-refractivity contribution in [2.45, 2.75) is 37.8 Å². The molecule has 6 heteroatoms. The van der Waals surface area contributed by atoms with Crippen molar-refractivity contribution in [1.29, 1.82) is 0 Å². The molecule has 3 nitrogen and oxygen atoms in total. The number of benzene rings is 1. The van der Waals surface area contributed by atoms with Gasteiger partial charge in [-0.05, 0) is 31.4 Å². The Bertz CT molecular complexity index is 473. The van der Waals surface area contributed by atoms with E-state index in [9.17, 15) is 0 Å². The van der Waals surface area contributed by atoms with Gasteiger partial charge in [0.2, 0.25) is 0 Å². The maximum atomic E-state index is 6.10. The molecule has 1 aliphatic carbocycles. The highest BCUT2D eigenvalue weighted by molar-refractivity contribution is 6.39. The number of hydrogen-bond donors (Lipinski definition) is 1. The van der Waals surface area contributed by atoms with Crippen LogP contribution in [-0.2, 0) is 4.74 Å². The van der Waals surface area contributed by atoms with Crippen molar-refractivity contribution in [3.8, 4) is 0 Å². The predicted octanol–water partition coefficient (Wildman–Crippen LogP) is 4.52. The quantitative estimate of drug-likeness (QED) is 0.825. The number of hydrogen-bond acceptors (Lipinski definition) is 3. The fraction of sp³-hybridized carbons (Fsp3) is 0.462. The monoisotopic (exact) mass is 320 g/mol. The zero-order valence-electron chi connectivity index (χ0n) is 10.2. The van der Waals surface area contributed by atoms with Gasteiger partial charge < -0.3 is 10.1 Å². The first-order valence-electron chi connectivity index (χ1n) is 6.19. The van der Waals surface area contributed by atoms with Gasteiger partial charge in [0.1, 0.15) is 6.10 Å². The molecule has 0 amide bonds. The van der Waals surface area contributed by atoms with Gasteiger partial charge >= 0.3 is 0 Å². The second kappa shape index (κ2) is 6.21. The topological polar surface area (TPSA) is 33.6 Å². The summed E-state index contributed by atoms with van der Waals surface area (Å²) in [6.07, 6.45) is 4.86. The summed E-state index contributed by atoms with van der Waals surface area (Å²) in [5, 5.41) is 4.24. The fourth-order valence-electron chi connectivity index (χ4n) is 2.47. The Kier molecular flexibility index (Phi) is 4.82. The van der Waals surface area contributed by atoms with Crippen molar-refractivity contribution < 1.29 is 4.74 Å². The van der Waals surface area contributed by atoms with E-state index in [0.29, 0.717) is 27.8 Å². The van der Waals surface area contributed by atoms with Gasteiger partial charge in [-0.25, -0.2) is 4.99 Å². The Labute approximate surface area is 128 Å². The summed E-state index contributed by atoms with van der Waals surface area (Å²) in [5.41, 5.74) is 0.665. The Morgan fingerprint density at radius 2 is 1.84 bits per heavy atom. The molecule has 19 heavy (non-hydrogen) atoms. The van der Waals surface area contributed by atoms with E-state index < -0.39 is 0 Å². The van der Waals surface area contributed by atoms with Crippen LogP contribution in [0.4, 0.5) is 5.69 Å². The van der Waals surface area contributed by atoms with Crippen LogP contribution in [-0.4, -0.2) is 18.2 Å². The maximum absolute atomic E-state index is 6.10. The Morgan fingerprint density at radius 3 is 2.53 bits per heavy atom. The lowest BCUT2D eigenvalue weighted by Crippen LogP contribution is -2.26. The second-order valence-corrected chi connectivity index (χ2v) is 5.48. The van der Waals surface area contributed by atoms with E-state index >= 15 is 0 Å². The number of amidine groups is 1. The van der Waals surface area contributed by atoms with Gasteiger partial charge in [0.25, 0.3) is 6.02 Å². The number of anilines is 1. The average molecular weight is 322 g/mol. The van der Waals surface area contributed by atoms with Crippen LogP contribution in [0.3, 0.4) is 0 Å². The molecule has 0 unspecified atom stereocenters. The second-order valence-electron chi connectivity index (χ2n) is 4.66. The van der Waals surface area contributed by atoms with Gasteiger partial charge in [-0.15, -0.1) is 12.4 Å². The van der Waals surface area contributed by atoms with Gasteiger partial charge in [0.15, 0.2) is 0 Å². The highest BCUT2D eigenvalue weighted by Crippen LogP contribution is 2.33. The Hall–Kier alpha value is -0.640. The smallest absolute Gasteiger partial charge is 0.290 e. The van der Waals surface area contributed by atoms with Crippen molar-refractivity contribution in [1.82, 2.24) is 0 Å². The molecule has 2 atom stereocenters. The van der Waals surface area contributed by atoms with E-state index in [1.807, 2.05) is 6.07 Å². The van der Waals surface area contributed by atoms with Gasteiger partial charge in [-0.3, -0.25) is 0 Å². The molecule has 1 N–H and O–H groups in total. The van der Waals surface area contributed by atoms with Crippen LogP contribution in [0.15, 0.2) is 23.2 Å². The third-order valence-electron chi connectivity index (χ3n) is 3.41. The number of aliphatic imine (C=N–C) groups is 1. The molecule has 0 radical (unpaired) electrons. The summed E-state index contributed by atoms with van der Waals surface area (Å²) in [6, 6.07) is 6.23. The van der Waals surface area contributed by atoms with E-state index in [1.165, 1.54) is 12.8 Å². The molecule has 3 rings (SSSR count). The summed E-state index contributed by atoms with van der Waals surface area (Å²) in [5.74, 6) is 0. The van der Waals surface area contributed by atoms with Crippen molar-refractivity contribution in [3.63, 3.8) is 0 Å². The molecular weight excluding hydrogens is 307 g/mol. The van der Waals surface area contributed by atoms with Crippen molar-refractivity contribution in [3.05, 3.63) is 28.2 Å². The minimum absolute atomic E-state index is 0. The first-order valence-corrected chi connectivity index (χ1v) is 6.95. The molecule has 1 fully saturated rings. The SMILES string of the molecule is Cl.Clc1cccc(Cl)c1NC1=N[C@@H]2CCCC[C@@H]2O1. The normalized spacial score (nSPS) is 24.8. The number of halogens is 3. The minimum Gasteiger partial charge on any atom is -0.459 e. The molecule has 1 heterocycles. The number of ether oxygens (including phenoxy) is 1. The molecule has 1 aromatic carbocycles. The number of nitrogens with zero attached hydrogens (tertiary/aromatic N) is 1. The highest BCUT2D eigenvalue weighted by atomic mass is 35.5. The summed E-state index contributed by atoms with van der Waals surface area (Å²) in [6.45, 7) is 0. The van der Waals surface area contributed by atoms with Crippen LogP contribution < -0.4 is 5.32 Å². The first kappa shape index (κ1) is 14.8. The number of rotatable bonds is 1. The number of fused-ring (bicyclic) bond motifs is 1. The third-order valence-corrected chi connectivity index (χ3v) is 4.04. The van der Waals surface area contributed by atoms with Crippen molar-refractivity contribution in [2.24, 2.45) is 4.99 Å². The first-order chi connectivity index (χ1) is 8.74. The molecule has 1 aliphatic heterocycles. The molecule has 104 valence electrons. The molecular formula is C13H15Cl3N2O. The van der Waals surface area contributed by atoms with Crippen LogP contribution >= 0.6 is 35.6 Å². The minimum atomic E-state index is 0. The molecule has 1 saturated carbocycles. The highest BCUT2D eigenvalue weighted by Gasteiger charge is 2.33. The lowest BCUT2D eigenvalue weighted by atomic mass is 9.94. The number of nitrogens with one attached hydrogen (secondary N) is 1. The number of para-hydroxylation sites is 1. The summed E-state index contributed by atoms with van der Waals surface area (Å²) in [7, 11) is 0. The van der Waals surface area contributed by atoms with E-state index in [2.05, 4.69) is 10.3 Å². The summed E-state index contributed by atoms with van der Waals surface area (Å²) < 4.78 is 5.80. The zero-order chi connectivity index (χ0) is 12.5. The fourth-order valence-corrected chi connectivity index (χ4v) is 2.96. The van der Waals surface area contributed by atoms with Crippen molar-refractivity contribution in [2.75, 3.05) is 5.32 Å². The molecule has 0 spiro atoms. The van der Waals surface area contributed by atoms with E-state index in [4.69, 9.17) is 27.9 Å². The van der Waals surface area contributed by atoms with Crippen LogP contribution in [0.5, 0.6) is 0 Å². The predicted molar refractivity (Wildman–Crippen MR) is 81.9 cm³/mol. The van der Waals surface area contributed by atoms with Gasteiger partial charge in [-0.1, -0.05) is 35.7 Å². The molecule has 2 aliphatic rings. The largest absolute Gasteiger partial charge is 0.459 e. The summed E-state index contributed by atoms with van der Waals surface area (Å²) in [4.78, 5) is 4.55. The van der Waals surface area contributed by atoms with Crippen LogP contribution in [0.25, 0.3) is 0 Å². The van der Waals surface area contributed by atoms with E-state index in [0.717, 1.165) is 12.8 Å². The lowest BCUT2D eigenvalue weighted by Gasteiger charge is -2.21. The lowest BCUT2D eigenvalue weighted by molar-refractivity contribution is 0.152. The van der Waals surface area contributed by atoms with Gasteiger partial charge in [-0.2, -0.15) is 0 Å². The Balaban J connectivity index is 0.00000133. The van der Waals surface area contributed by atoms with E-state index in [1.54, 1.807) is 12.1 Å². The van der Waals surface area contributed by atoms with Crippen molar-refractivity contribution >= 4 is 47.3 Å². The molecule has 0 saturated heterocycles. The molecule has 1 aromatic rings. The molecule has 0 aromatic heterocycles. The zero-order valence-corrected chi connectivity index (χ0v) is 12.6. The average Bonchev–Trinajstić information content (AvgIpc) is 2.76.